The Morgan fingerprint density at radius 3 is 2.81 bits per heavy atom. The van der Waals surface area contributed by atoms with E-state index in [0.29, 0.717) is 0 Å². The van der Waals surface area contributed by atoms with Crippen LogP contribution in [0.2, 0.25) is 0 Å². The number of aromatic nitrogens is 3. The van der Waals surface area contributed by atoms with Crippen molar-refractivity contribution in [3.63, 3.8) is 0 Å². The van der Waals surface area contributed by atoms with Gasteiger partial charge in [0.15, 0.2) is 0 Å². The largest absolute Gasteiger partial charge is 0.271 e. The fraction of sp³-hybridized carbons (Fsp3) is 0.182. The van der Waals surface area contributed by atoms with Crippen LogP contribution in [0.5, 0.6) is 0 Å². The number of nitrogens with two attached hydrogens (primary N) is 1. The smallest absolute Gasteiger partial charge is 0.115 e. The summed E-state index contributed by atoms with van der Waals surface area (Å²) < 4.78 is 0. The lowest BCUT2D eigenvalue weighted by atomic mass is 10.1. The monoisotopic (exact) mass is 215 g/mol. The fourth-order valence-electron chi connectivity index (χ4n) is 1.56. The van der Waals surface area contributed by atoms with Crippen molar-refractivity contribution in [3.8, 4) is 0 Å². The molecule has 1 atom stereocenters. The normalized spacial score (nSPS) is 12.4. The van der Waals surface area contributed by atoms with Crippen molar-refractivity contribution in [2.24, 2.45) is 5.84 Å². The van der Waals surface area contributed by atoms with Crippen LogP contribution in [-0.4, -0.2) is 15.0 Å². The quantitative estimate of drug-likeness (QED) is 0.583. The van der Waals surface area contributed by atoms with E-state index in [1.54, 1.807) is 18.6 Å². The Morgan fingerprint density at radius 2 is 2.19 bits per heavy atom. The predicted molar refractivity (Wildman–Crippen MR) is 60.2 cm³/mol. The van der Waals surface area contributed by atoms with E-state index in [2.05, 4.69) is 20.4 Å². The number of nitrogens with one attached hydrogen (secondary N) is 1. The summed E-state index contributed by atoms with van der Waals surface area (Å²) in [5, 5.41) is 0. The van der Waals surface area contributed by atoms with Gasteiger partial charge in [0.1, 0.15) is 6.33 Å². The maximum absolute atomic E-state index is 5.55. The van der Waals surface area contributed by atoms with Gasteiger partial charge in [-0.3, -0.25) is 10.8 Å². The van der Waals surface area contributed by atoms with E-state index < -0.39 is 0 Å². The Bertz CT molecular complexity index is 457. The average molecular weight is 215 g/mol. The first-order valence-electron chi connectivity index (χ1n) is 4.95. The Balaban J connectivity index is 2.37. The van der Waals surface area contributed by atoms with Gasteiger partial charge in [-0.1, -0.05) is 6.07 Å². The lowest BCUT2D eigenvalue weighted by molar-refractivity contribution is 0.616. The second-order valence-electron chi connectivity index (χ2n) is 3.53. The topological polar surface area (TPSA) is 76.7 Å². The highest BCUT2D eigenvalue weighted by atomic mass is 15.2. The van der Waals surface area contributed by atoms with Gasteiger partial charge in [0.25, 0.3) is 0 Å². The zero-order valence-electron chi connectivity index (χ0n) is 8.96. The number of aryl methyl sites for hydroxylation is 1. The van der Waals surface area contributed by atoms with Crippen LogP contribution in [0.1, 0.15) is 22.9 Å². The van der Waals surface area contributed by atoms with Crippen LogP contribution in [0.25, 0.3) is 0 Å². The summed E-state index contributed by atoms with van der Waals surface area (Å²) in [6.45, 7) is 1.99. The summed E-state index contributed by atoms with van der Waals surface area (Å²) >= 11 is 0. The first-order chi connectivity index (χ1) is 7.81. The molecule has 0 amide bonds. The lowest BCUT2D eigenvalue weighted by Gasteiger charge is -2.15. The summed E-state index contributed by atoms with van der Waals surface area (Å²) in [5.74, 6) is 5.55. The van der Waals surface area contributed by atoms with E-state index in [9.17, 15) is 0 Å². The predicted octanol–water partition coefficient (Wildman–Crippen LogP) is 0.733. The molecule has 0 bridgehead atoms. The molecule has 0 radical (unpaired) electrons. The third kappa shape index (κ3) is 2.21. The van der Waals surface area contributed by atoms with Gasteiger partial charge in [-0.15, -0.1) is 0 Å². The van der Waals surface area contributed by atoms with Crippen molar-refractivity contribution in [2.75, 3.05) is 0 Å². The van der Waals surface area contributed by atoms with Crippen molar-refractivity contribution in [1.29, 1.82) is 0 Å². The van der Waals surface area contributed by atoms with Crippen molar-refractivity contribution in [3.05, 3.63) is 53.9 Å². The van der Waals surface area contributed by atoms with Crippen molar-refractivity contribution < 1.29 is 0 Å². The molecule has 2 rings (SSSR count). The molecule has 82 valence electrons. The molecule has 1 unspecified atom stereocenters. The number of hydrazine groups is 1. The molecular formula is C11H13N5. The zero-order chi connectivity index (χ0) is 11.4. The molecule has 2 aromatic heterocycles. The molecule has 5 heteroatoms. The maximum atomic E-state index is 5.55. The van der Waals surface area contributed by atoms with Gasteiger partial charge in [0, 0.05) is 18.6 Å². The number of rotatable bonds is 3. The standard InChI is InChI=1S/C11H13N5/c1-8-4-9(6-14-5-8)11(16-12)10-2-3-13-7-15-10/h2-7,11,16H,12H2,1H3. The van der Waals surface area contributed by atoms with E-state index >= 15 is 0 Å². The van der Waals surface area contributed by atoms with Crippen molar-refractivity contribution >= 4 is 0 Å². The lowest BCUT2D eigenvalue weighted by Crippen LogP contribution is -2.29. The third-order valence-corrected chi connectivity index (χ3v) is 2.30. The second kappa shape index (κ2) is 4.78. The minimum Gasteiger partial charge on any atom is -0.271 e. The number of hydrogen-bond acceptors (Lipinski definition) is 5. The Labute approximate surface area is 93.7 Å². The third-order valence-electron chi connectivity index (χ3n) is 2.30. The molecule has 0 fully saturated rings. The molecule has 0 aliphatic carbocycles. The van der Waals surface area contributed by atoms with Crippen molar-refractivity contribution in [2.45, 2.75) is 13.0 Å². The van der Waals surface area contributed by atoms with Gasteiger partial charge < -0.3 is 0 Å². The van der Waals surface area contributed by atoms with Crippen molar-refractivity contribution in [1.82, 2.24) is 20.4 Å². The van der Waals surface area contributed by atoms with Crippen LogP contribution in [-0.2, 0) is 0 Å². The molecule has 2 heterocycles. The molecule has 0 saturated heterocycles. The molecule has 5 nitrogen and oxygen atoms in total. The summed E-state index contributed by atoms with van der Waals surface area (Å²) in [6.07, 6.45) is 6.77. The van der Waals surface area contributed by atoms with Crippen LogP contribution in [0.15, 0.2) is 37.1 Å². The maximum Gasteiger partial charge on any atom is 0.115 e. The van der Waals surface area contributed by atoms with Crippen LogP contribution < -0.4 is 11.3 Å². The summed E-state index contributed by atoms with van der Waals surface area (Å²) in [6, 6.07) is 3.70. The average Bonchev–Trinajstić information content (AvgIpc) is 2.31. The van der Waals surface area contributed by atoms with Gasteiger partial charge >= 0.3 is 0 Å². The number of hydrogen-bond donors (Lipinski definition) is 2. The van der Waals surface area contributed by atoms with Gasteiger partial charge in [0.2, 0.25) is 0 Å². The van der Waals surface area contributed by atoms with Gasteiger partial charge in [0.05, 0.1) is 11.7 Å². The highest BCUT2D eigenvalue weighted by molar-refractivity contribution is 5.26. The minimum absolute atomic E-state index is 0.157. The number of pyridine rings is 1. The molecule has 0 aliphatic heterocycles. The highest BCUT2D eigenvalue weighted by Gasteiger charge is 2.13. The Kier molecular flexibility index (Phi) is 3.19. The minimum atomic E-state index is -0.157. The Hall–Kier alpha value is -1.85. The molecule has 3 N–H and O–H groups in total. The van der Waals surface area contributed by atoms with Crippen LogP contribution in [0.4, 0.5) is 0 Å². The number of nitrogens with zero attached hydrogens (tertiary/aromatic N) is 3. The van der Waals surface area contributed by atoms with Crippen LogP contribution in [0.3, 0.4) is 0 Å². The van der Waals surface area contributed by atoms with E-state index in [4.69, 9.17) is 5.84 Å². The SMILES string of the molecule is Cc1cncc(C(NN)c2ccncn2)c1. The van der Waals surface area contributed by atoms with Crippen LogP contribution >= 0.6 is 0 Å². The van der Waals surface area contributed by atoms with Crippen LogP contribution in [0, 0.1) is 6.92 Å². The summed E-state index contributed by atoms with van der Waals surface area (Å²) in [7, 11) is 0. The highest BCUT2D eigenvalue weighted by Crippen LogP contribution is 2.18. The molecule has 2 aromatic rings. The fourth-order valence-corrected chi connectivity index (χ4v) is 1.56. The molecule has 0 aromatic carbocycles. The van der Waals surface area contributed by atoms with Gasteiger partial charge in [-0.05, 0) is 24.1 Å². The zero-order valence-corrected chi connectivity index (χ0v) is 8.96. The summed E-state index contributed by atoms with van der Waals surface area (Å²) in [4.78, 5) is 12.2. The molecule has 0 saturated carbocycles. The van der Waals surface area contributed by atoms with E-state index in [1.807, 2.05) is 19.1 Å². The van der Waals surface area contributed by atoms with Gasteiger partial charge in [-0.25, -0.2) is 15.4 Å². The first kappa shape index (κ1) is 10.7. The molecule has 16 heavy (non-hydrogen) atoms. The first-order valence-corrected chi connectivity index (χ1v) is 4.95. The molecular weight excluding hydrogens is 202 g/mol. The Morgan fingerprint density at radius 1 is 1.31 bits per heavy atom. The van der Waals surface area contributed by atoms with E-state index in [1.165, 1.54) is 6.33 Å². The van der Waals surface area contributed by atoms with Gasteiger partial charge in [-0.2, -0.15) is 0 Å². The summed E-state index contributed by atoms with van der Waals surface area (Å²) in [5.41, 5.74) is 5.63. The second-order valence-corrected chi connectivity index (χ2v) is 3.53. The molecule has 0 spiro atoms. The van der Waals surface area contributed by atoms with E-state index in [-0.39, 0.29) is 6.04 Å². The van der Waals surface area contributed by atoms with E-state index in [0.717, 1.165) is 16.8 Å². The molecule has 0 aliphatic rings.